The predicted molar refractivity (Wildman–Crippen MR) is 83.1 cm³/mol. The second-order valence-corrected chi connectivity index (χ2v) is 5.82. The number of carbonyl (C=O) groups is 2. The third-order valence-corrected chi connectivity index (χ3v) is 4.51. The van der Waals surface area contributed by atoms with Gasteiger partial charge in [0.1, 0.15) is 5.69 Å². The molecule has 0 spiro atoms. The number of fused-ring (bicyclic) bond motifs is 1. The maximum Gasteiger partial charge on any atom is 0.356 e. The van der Waals surface area contributed by atoms with Crippen molar-refractivity contribution in [2.45, 2.75) is 17.7 Å². The van der Waals surface area contributed by atoms with Gasteiger partial charge in [0.25, 0.3) is 0 Å². The van der Waals surface area contributed by atoms with Crippen molar-refractivity contribution in [2.75, 3.05) is 17.7 Å². The molecule has 3 rings (SSSR count). The predicted octanol–water partition coefficient (Wildman–Crippen LogP) is 2.41. The first-order valence-corrected chi connectivity index (χ1v) is 7.92. The Bertz CT molecular complexity index is 714. The van der Waals surface area contributed by atoms with Gasteiger partial charge in [0.2, 0.25) is 11.9 Å². The zero-order valence-electron chi connectivity index (χ0n) is 12.0. The summed E-state index contributed by atoms with van der Waals surface area (Å²) >= 11 is 1.67. The Morgan fingerprint density at radius 2 is 2.27 bits per heavy atom. The molecule has 114 valence electrons. The smallest absolute Gasteiger partial charge is 0.356 e. The number of aromatic nitrogens is 2. The van der Waals surface area contributed by atoms with Crippen LogP contribution in [-0.2, 0) is 9.53 Å². The molecule has 1 aromatic heterocycles. The second-order valence-electron chi connectivity index (χ2n) is 4.76. The molecule has 1 atom stereocenters. The van der Waals surface area contributed by atoms with Crippen molar-refractivity contribution in [1.82, 2.24) is 9.97 Å². The minimum absolute atomic E-state index is 0.137. The quantitative estimate of drug-likeness (QED) is 0.846. The highest BCUT2D eigenvalue weighted by Crippen LogP contribution is 2.39. The molecule has 1 aliphatic rings. The van der Waals surface area contributed by atoms with Crippen LogP contribution in [0.15, 0.2) is 35.4 Å². The molecule has 2 N–H and O–H groups in total. The summed E-state index contributed by atoms with van der Waals surface area (Å²) in [6, 6.07) is 7.87. The maximum absolute atomic E-state index is 12.4. The fraction of sp³-hybridized carbons (Fsp3) is 0.267. The van der Waals surface area contributed by atoms with Gasteiger partial charge in [0.05, 0.1) is 18.7 Å². The van der Waals surface area contributed by atoms with Crippen LogP contribution in [0.5, 0.6) is 0 Å². The Kier molecular flexibility index (Phi) is 4.15. The molecule has 0 radical (unpaired) electrons. The van der Waals surface area contributed by atoms with Crippen LogP contribution in [0.1, 0.15) is 28.9 Å². The van der Waals surface area contributed by atoms with E-state index in [1.54, 1.807) is 18.7 Å². The third-order valence-electron chi connectivity index (χ3n) is 3.33. The van der Waals surface area contributed by atoms with Crippen molar-refractivity contribution >= 4 is 29.6 Å². The summed E-state index contributed by atoms with van der Waals surface area (Å²) in [4.78, 5) is 31.8. The standard InChI is InChI=1S/C15H15N3O3S/c1-2-21-14(20)11-7-16-15(17-11)18-13(19)10-8-22-12-6-4-3-5-9(10)12/h3-7,10H,2,8H2,1H3,(H2,16,17,18,19). The zero-order valence-corrected chi connectivity index (χ0v) is 12.8. The van der Waals surface area contributed by atoms with E-state index in [4.69, 9.17) is 4.74 Å². The van der Waals surface area contributed by atoms with Crippen molar-refractivity contribution in [1.29, 1.82) is 0 Å². The monoisotopic (exact) mass is 317 g/mol. The summed E-state index contributed by atoms with van der Waals surface area (Å²) in [7, 11) is 0. The zero-order chi connectivity index (χ0) is 15.5. The van der Waals surface area contributed by atoms with E-state index in [9.17, 15) is 9.59 Å². The van der Waals surface area contributed by atoms with Gasteiger partial charge in [-0.15, -0.1) is 11.8 Å². The lowest BCUT2D eigenvalue weighted by Gasteiger charge is -2.09. The molecule has 1 amide bonds. The number of aromatic amines is 1. The van der Waals surface area contributed by atoms with Crippen LogP contribution in [0.2, 0.25) is 0 Å². The van der Waals surface area contributed by atoms with E-state index in [2.05, 4.69) is 15.3 Å². The van der Waals surface area contributed by atoms with Gasteiger partial charge in [-0.2, -0.15) is 0 Å². The number of esters is 1. The van der Waals surface area contributed by atoms with Crippen LogP contribution in [0, 0.1) is 0 Å². The fourth-order valence-electron chi connectivity index (χ4n) is 2.28. The van der Waals surface area contributed by atoms with E-state index in [0.29, 0.717) is 5.75 Å². The van der Waals surface area contributed by atoms with Crippen LogP contribution in [0.4, 0.5) is 5.95 Å². The van der Waals surface area contributed by atoms with E-state index in [0.717, 1.165) is 10.5 Å². The topological polar surface area (TPSA) is 84.1 Å². The molecule has 0 aliphatic carbocycles. The lowest BCUT2D eigenvalue weighted by molar-refractivity contribution is -0.117. The van der Waals surface area contributed by atoms with Gasteiger partial charge in [-0.3, -0.25) is 10.1 Å². The Balaban J connectivity index is 1.69. The van der Waals surface area contributed by atoms with Crippen molar-refractivity contribution in [2.24, 2.45) is 0 Å². The SMILES string of the molecule is CCOC(=O)c1cnc(NC(=O)C2CSc3ccccc32)[nH]1. The number of imidazole rings is 1. The summed E-state index contributed by atoms with van der Waals surface area (Å²) < 4.78 is 4.87. The number of rotatable bonds is 4. The van der Waals surface area contributed by atoms with Crippen molar-refractivity contribution in [3.8, 4) is 0 Å². The summed E-state index contributed by atoms with van der Waals surface area (Å²) in [5, 5.41) is 2.72. The van der Waals surface area contributed by atoms with Crippen molar-refractivity contribution < 1.29 is 14.3 Å². The lowest BCUT2D eigenvalue weighted by atomic mass is 10.0. The Morgan fingerprint density at radius 3 is 3.09 bits per heavy atom. The van der Waals surface area contributed by atoms with Crippen molar-refractivity contribution in [3.05, 3.63) is 41.7 Å². The normalized spacial score (nSPS) is 16.1. The number of hydrogen-bond donors (Lipinski definition) is 2. The minimum atomic E-state index is -0.489. The summed E-state index contributed by atoms with van der Waals surface area (Å²) in [5.41, 5.74) is 1.25. The van der Waals surface area contributed by atoms with Gasteiger partial charge < -0.3 is 9.72 Å². The van der Waals surface area contributed by atoms with Crippen LogP contribution >= 0.6 is 11.8 Å². The van der Waals surface area contributed by atoms with Crippen LogP contribution < -0.4 is 5.32 Å². The summed E-state index contributed by atoms with van der Waals surface area (Å²) in [6.07, 6.45) is 1.35. The molecule has 7 heteroatoms. The number of nitrogens with zero attached hydrogens (tertiary/aromatic N) is 1. The van der Waals surface area contributed by atoms with Crippen LogP contribution in [0.25, 0.3) is 0 Å². The van der Waals surface area contributed by atoms with E-state index < -0.39 is 5.97 Å². The number of thioether (sulfide) groups is 1. The molecule has 1 aromatic carbocycles. The highest BCUT2D eigenvalue weighted by Gasteiger charge is 2.29. The highest BCUT2D eigenvalue weighted by atomic mass is 32.2. The molecule has 1 unspecified atom stereocenters. The van der Waals surface area contributed by atoms with Gasteiger partial charge in [-0.1, -0.05) is 18.2 Å². The van der Waals surface area contributed by atoms with E-state index in [-0.39, 0.29) is 30.1 Å². The molecule has 6 nitrogen and oxygen atoms in total. The Labute approximate surface area is 131 Å². The average Bonchev–Trinajstić information content (AvgIpc) is 3.14. The van der Waals surface area contributed by atoms with Gasteiger partial charge in [-0.25, -0.2) is 9.78 Å². The summed E-state index contributed by atoms with van der Waals surface area (Å²) in [6.45, 7) is 2.02. The van der Waals surface area contributed by atoms with Gasteiger partial charge in [-0.05, 0) is 18.6 Å². The van der Waals surface area contributed by atoms with Gasteiger partial charge >= 0.3 is 5.97 Å². The molecule has 0 fully saturated rings. The van der Waals surface area contributed by atoms with Crippen LogP contribution in [0.3, 0.4) is 0 Å². The highest BCUT2D eigenvalue weighted by molar-refractivity contribution is 7.99. The number of hydrogen-bond acceptors (Lipinski definition) is 5. The first-order valence-electron chi connectivity index (χ1n) is 6.93. The van der Waals surface area contributed by atoms with E-state index in [1.165, 1.54) is 6.20 Å². The fourth-order valence-corrected chi connectivity index (χ4v) is 3.51. The Morgan fingerprint density at radius 1 is 1.45 bits per heavy atom. The second kappa shape index (κ2) is 6.23. The number of ether oxygens (including phenoxy) is 1. The molecule has 0 saturated carbocycles. The average molecular weight is 317 g/mol. The van der Waals surface area contributed by atoms with Gasteiger partial charge in [0, 0.05) is 10.6 Å². The minimum Gasteiger partial charge on any atom is -0.461 e. The lowest BCUT2D eigenvalue weighted by Crippen LogP contribution is -2.21. The maximum atomic E-state index is 12.4. The van der Waals surface area contributed by atoms with Crippen molar-refractivity contribution in [3.63, 3.8) is 0 Å². The molecular formula is C15H15N3O3S. The molecule has 0 bridgehead atoms. The molecule has 2 heterocycles. The first-order chi connectivity index (χ1) is 10.7. The van der Waals surface area contributed by atoms with Crippen LogP contribution in [-0.4, -0.2) is 34.2 Å². The molecule has 1 aliphatic heterocycles. The number of H-pyrrole nitrogens is 1. The third kappa shape index (κ3) is 2.85. The number of amides is 1. The summed E-state index contributed by atoms with van der Waals surface area (Å²) in [5.74, 6) is 0.121. The van der Waals surface area contributed by atoms with Gasteiger partial charge in [0.15, 0.2) is 0 Å². The Hall–Kier alpha value is -2.28. The number of benzene rings is 1. The molecule has 2 aromatic rings. The molecule has 22 heavy (non-hydrogen) atoms. The molecular weight excluding hydrogens is 302 g/mol. The largest absolute Gasteiger partial charge is 0.461 e. The number of anilines is 1. The van der Waals surface area contributed by atoms with E-state index >= 15 is 0 Å². The molecule has 0 saturated heterocycles. The van der Waals surface area contributed by atoms with E-state index in [1.807, 2.05) is 24.3 Å². The number of nitrogens with one attached hydrogen (secondary N) is 2. The number of carbonyl (C=O) groups excluding carboxylic acids is 2. The first kappa shape index (κ1) is 14.6.